The highest BCUT2D eigenvalue weighted by atomic mass is 16.6. The molecule has 128 valence electrons. The van der Waals surface area contributed by atoms with Crippen LogP contribution in [0, 0.1) is 0 Å². The van der Waals surface area contributed by atoms with Crippen LogP contribution in [0.25, 0.3) is 0 Å². The SMILES string of the molecule is Nc1cc(O)cc2c1C1(OC(=O)c3ccccc31)c1ccc(O)cc1O2. The van der Waals surface area contributed by atoms with E-state index in [-0.39, 0.29) is 22.9 Å². The summed E-state index contributed by atoms with van der Waals surface area (Å²) in [7, 11) is 0. The van der Waals surface area contributed by atoms with Crippen molar-refractivity contribution in [3.05, 3.63) is 76.9 Å². The Labute approximate surface area is 148 Å². The lowest BCUT2D eigenvalue weighted by molar-refractivity contribution is 0.0227. The zero-order valence-electron chi connectivity index (χ0n) is 13.4. The number of nitrogens with two attached hydrogens (primary N) is 1. The monoisotopic (exact) mass is 347 g/mol. The first-order valence-corrected chi connectivity index (χ1v) is 7.98. The van der Waals surface area contributed by atoms with Gasteiger partial charge in [0.05, 0.1) is 11.1 Å². The molecule has 2 heterocycles. The van der Waals surface area contributed by atoms with Gasteiger partial charge in [-0.3, -0.25) is 0 Å². The van der Waals surface area contributed by atoms with Crippen LogP contribution in [0.4, 0.5) is 5.69 Å². The molecule has 1 atom stereocenters. The number of ether oxygens (including phenoxy) is 2. The predicted molar refractivity (Wildman–Crippen MR) is 92.4 cm³/mol. The number of hydrogen-bond acceptors (Lipinski definition) is 6. The van der Waals surface area contributed by atoms with Gasteiger partial charge in [-0.05, 0) is 18.2 Å². The molecule has 3 aromatic rings. The first kappa shape index (κ1) is 14.7. The van der Waals surface area contributed by atoms with Gasteiger partial charge in [0.1, 0.15) is 23.0 Å². The molecule has 0 amide bonds. The van der Waals surface area contributed by atoms with Crippen LogP contribution >= 0.6 is 0 Å². The Hall–Kier alpha value is -3.67. The number of carbonyl (C=O) groups excluding carboxylic acids is 1. The molecule has 0 fully saturated rings. The largest absolute Gasteiger partial charge is 0.508 e. The summed E-state index contributed by atoms with van der Waals surface area (Å²) in [5.41, 5.74) is 7.22. The number of anilines is 1. The van der Waals surface area contributed by atoms with E-state index in [9.17, 15) is 15.0 Å². The number of carbonyl (C=O) groups is 1. The molecule has 26 heavy (non-hydrogen) atoms. The van der Waals surface area contributed by atoms with E-state index in [1.54, 1.807) is 24.3 Å². The summed E-state index contributed by atoms with van der Waals surface area (Å²) in [5, 5.41) is 19.8. The summed E-state index contributed by atoms with van der Waals surface area (Å²) < 4.78 is 11.8. The summed E-state index contributed by atoms with van der Waals surface area (Å²) in [6.45, 7) is 0. The van der Waals surface area contributed by atoms with Gasteiger partial charge in [-0.1, -0.05) is 18.2 Å². The number of nitrogen functional groups attached to an aromatic ring is 1. The van der Waals surface area contributed by atoms with Crippen LogP contribution in [0.1, 0.15) is 27.0 Å². The van der Waals surface area contributed by atoms with Gasteiger partial charge in [0.15, 0.2) is 5.60 Å². The molecule has 0 bridgehead atoms. The van der Waals surface area contributed by atoms with E-state index in [1.807, 2.05) is 6.07 Å². The van der Waals surface area contributed by atoms with Gasteiger partial charge in [-0.2, -0.15) is 0 Å². The third-order valence-corrected chi connectivity index (χ3v) is 4.81. The van der Waals surface area contributed by atoms with Gasteiger partial charge in [0, 0.05) is 35.0 Å². The Morgan fingerprint density at radius 3 is 2.50 bits per heavy atom. The lowest BCUT2D eigenvalue weighted by atomic mass is 9.77. The average Bonchev–Trinajstić information content (AvgIpc) is 2.88. The van der Waals surface area contributed by atoms with Crippen LogP contribution in [0.2, 0.25) is 0 Å². The Balaban J connectivity index is 1.94. The number of fused-ring (bicyclic) bond motifs is 6. The second-order valence-electron chi connectivity index (χ2n) is 6.31. The third-order valence-electron chi connectivity index (χ3n) is 4.81. The number of benzene rings is 3. The maximum Gasteiger partial charge on any atom is 0.340 e. The minimum absolute atomic E-state index is 0.00748. The highest BCUT2D eigenvalue weighted by Gasteiger charge is 2.54. The van der Waals surface area contributed by atoms with Crippen molar-refractivity contribution in [2.75, 3.05) is 5.73 Å². The topological polar surface area (TPSA) is 102 Å². The van der Waals surface area contributed by atoms with Crippen molar-refractivity contribution in [1.82, 2.24) is 0 Å². The fourth-order valence-electron chi connectivity index (χ4n) is 3.82. The molecule has 0 radical (unpaired) electrons. The molecule has 0 aliphatic carbocycles. The first-order chi connectivity index (χ1) is 12.5. The quantitative estimate of drug-likeness (QED) is 0.426. The number of phenols is 2. The minimum atomic E-state index is -1.30. The van der Waals surface area contributed by atoms with E-state index in [4.69, 9.17) is 15.2 Å². The fraction of sp³-hybridized carbons (Fsp3) is 0.0500. The van der Waals surface area contributed by atoms with E-state index in [2.05, 4.69) is 0 Å². The Bertz CT molecular complexity index is 1110. The number of esters is 1. The molecular weight excluding hydrogens is 334 g/mol. The first-order valence-electron chi connectivity index (χ1n) is 7.98. The molecule has 2 aliphatic rings. The van der Waals surface area contributed by atoms with E-state index in [0.717, 1.165) is 0 Å². The lowest BCUT2D eigenvalue weighted by Gasteiger charge is -2.37. The highest BCUT2D eigenvalue weighted by molar-refractivity contribution is 5.97. The van der Waals surface area contributed by atoms with Crippen molar-refractivity contribution in [2.45, 2.75) is 5.60 Å². The molecule has 0 saturated heterocycles. The van der Waals surface area contributed by atoms with E-state index in [1.165, 1.54) is 24.3 Å². The van der Waals surface area contributed by atoms with E-state index < -0.39 is 11.6 Å². The zero-order chi connectivity index (χ0) is 18.1. The maximum atomic E-state index is 12.6. The van der Waals surface area contributed by atoms with Crippen LogP contribution in [-0.2, 0) is 10.3 Å². The Kier molecular flexibility index (Phi) is 2.65. The van der Waals surface area contributed by atoms with Crippen LogP contribution < -0.4 is 10.5 Å². The zero-order valence-corrected chi connectivity index (χ0v) is 13.4. The van der Waals surface area contributed by atoms with Gasteiger partial charge in [0.25, 0.3) is 0 Å². The van der Waals surface area contributed by atoms with Gasteiger partial charge >= 0.3 is 5.97 Å². The van der Waals surface area contributed by atoms with Crippen LogP contribution in [-0.4, -0.2) is 16.2 Å². The summed E-state index contributed by atoms with van der Waals surface area (Å²) in [6.07, 6.45) is 0. The average molecular weight is 347 g/mol. The lowest BCUT2D eigenvalue weighted by Crippen LogP contribution is -2.33. The number of hydrogen-bond donors (Lipinski definition) is 3. The molecule has 1 spiro atoms. The molecule has 5 rings (SSSR count). The van der Waals surface area contributed by atoms with Crippen molar-refractivity contribution < 1.29 is 24.5 Å². The van der Waals surface area contributed by atoms with Crippen molar-refractivity contribution in [3.8, 4) is 23.0 Å². The van der Waals surface area contributed by atoms with Crippen LogP contribution in [0.3, 0.4) is 0 Å². The fourth-order valence-corrected chi connectivity index (χ4v) is 3.82. The highest BCUT2D eigenvalue weighted by Crippen LogP contribution is 2.58. The molecular formula is C20H13NO5. The molecule has 6 nitrogen and oxygen atoms in total. The molecule has 3 aromatic carbocycles. The second kappa shape index (κ2) is 4.70. The number of aromatic hydroxyl groups is 2. The van der Waals surface area contributed by atoms with Crippen molar-refractivity contribution in [3.63, 3.8) is 0 Å². The number of phenolic OH excluding ortho intramolecular Hbond substituents is 2. The molecule has 2 aliphatic heterocycles. The molecule has 4 N–H and O–H groups in total. The van der Waals surface area contributed by atoms with E-state index in [0.29, 0.717) is 28.0 Å². The normalized spacial score (nSPS) is 19.3. The van der Waals surface area contributed by atoms with Gasteiger partial charge < -0.3 is 25.4 Å². The summed E-state index contributed by atoms with van der Waals surface area (Å²) in [5.74, 6) is 0.0581. The van der Waals surface area contributed by atoms with Crippen molar-refractivity contribution >= 4 is 11.7 Å². The standard InChI is InChI=1S/C20H13NO5/c21-15-7-11(23)9-17-18(15)20(14-6-5-10(22)8-16(14)25-17)13-4-2-1-3-12(13)19(24)26-20/h1-9,22-23H,21H2. The predicted octanol–water partition coefficient (Wildman–Crippen LogP) is 3.25. The summed E-state index contributed by atoms with van der Waals surface area (Å²) >= 11 is 0. The van der Waals surface area contributed by atoms with Crippen LogP contribution in [0.15, 0.2) is 54.6 Å². The van der Waals surface area contributed by atoms with Gasteiger partial charge in [0.2, 0.25) is 0 Å². The smallest absolute Gasteiger partial charge is 0.340 e. The molecule has 0 saturated carbocycles. The molecule has 6 heteroatoms. The summed E-state index contributed by atoms with van der Waals surface area (Å²) in [4.78, 5) is 12.6. The summed E-state index contributed by atoms with van der Waals surface area (Å²) in [6, 6.07) is 14.5. The van der Waals surface area contributed by atoms with E-state index >= 15 is 0 Å². The number of rotatable bonds is 0. The van der Waals surface area contributed by atoms with Crippen molar-refractivity contribution in [1.29, 1.82) is 0 Å². The second-order valence-corrected chi connectivity index (χ2v) is 6.31. The van der Waals surface area contributed by atoms with Crippen LogP contribution in [0.5, 0.6) is 23.0 Å². The third kappa shape index (κ3) is 1.68. The molecule has 0 aromatic heterocycles. The van der Waals surface area contributed by atoms with Crippen molar-refractivity contribution in [2.24, 2.45) is 0 Å². The minimum Gasteiger partial charge on any atom is -0.508 e. The molecule has 1 unspecified atom stereocenters. The van der Waals surface area contributed by atoms with Gasteiger partial charge in [-0.15, -0.1) is 0 Å². The Morgan fingerprint density at radius 1 is 0.885 bits per heavy atom. The Morgan fingerprint density at radius 2 is 1.65 bits per heavy atom. The van der Waals surface area contributed by atoms with Gasteiger partial charge in [-0.25, -0.2) is 4.79 Å². The maximum absolute atomic E-state index is 12.6.